The number of halogens is 1. The molecule has 0 aliphatic rings. The van der Waals surface area contributed by atoms with Gasteiger partial charge in [-0.3, -0.25) is 4.79 Å². The van der Waals surface area contributed by atoms with E-state index in [1.165, 1.54) is 0 Å². The number of hydrogen-bond acceptors (Lipinski definition) is 1. The largest absolute Gasteiger partial charge is 0.312 e. The van der Waals surface area contributed by atoms with E-state index in [1.807, 2.05) is 0 Å². The second-order valence-electron chi connectivity index (χ2n) is 2.29. The van der Waals surface area contributed by atoms with Crippen molar-refractivity contribution < 1.29 is 4.79 Å². The molecule has 0 aromatic heterocycles. The van der Waals surface area contributed by atoms with Gasteiger partial charge in [0, 0.05) is 11.1 Å². The van der Waals surface area contributed by atoms with E-state index in [0.29, 0.717) is 12.1 Å². The molecule has 0 saturated carbocycles. The highest BCUT2D eigenvalue weighted by Gasteiger charge is 2.01. The van der Waals surface area contributed by atoms with Gasteiger partial charge in [-0.1, -0.05) is 12.1 Å². The summed E-state index contributed by atoms with van der Waals surface area (Å²) in [5.74, 6) is 0. The van der Waals surface area contributed by atoms with Gasteiger partial charge < -0.3 is 4.85 Å². The van der Waals surface area contributed by atoms with Crippen molar-refractivity contribution in [3.8, 4) is 0 Å². The molecule has 0 aliphatic heterocycles. The predicted octanol–water partition coefficient (Wildman–Crippen LogP) is 2.48. The first-order valence-electron chi connectivity index (χ1n) is 3.36. The van der Waals surface area contributed by atoms with Crippen LogP contribution < -0.4 is 0 Å². The van der Waals surface area contributed by atoms with Gasteiger partial charge in [-0.05, 0) is 23.7 Å². The Bertz CT molecular complexity index is 323. The normalized spacial score (nSPS) is 9.00. The van der Waals surface area contributed by atoms with E-state index in [2.05, 4.69) is 4.85 Å². The topological polar surface area (TPSA) is 21.4 Å². The molecule has 60 valence electrons. The fourth-order valence-electron chi connectivity index (χ4n) is 0.832. The molecular formula is C9H6ClNO. The van der Waals surface area contributed by atoms with Crippen LogP contribution in [0.25, 0.3) is 4.85 Å². The second kappa shape index (κ2) is 3.89. The average Bonchev–Trinajstić information content (AvgIpc) is 2.06. The van der Waals surface area contributed by atoms with E-state index < -0.39 is 5.24 Å². The lowest BCUT2D eigenvalue weighted by Crippen LogP contribution is -1.88. The molecule has 0 saturated heterocycles. The maximum Gasteiger partial charge on any atom is 0.252 e. The number of hydrogen-bond donors (Lipinski definition) is 0. The van der Waals surface area contributed by atoms with Crippen LogP contribution in [0.5, 0.6) is 0 Å². The minimum atomic E-state index is -0.468. The van der Waals surface area contributed by atoms with Crippen molar-refractivity contribution in [2.75, 3.05) is 0 Å². The summed E-state index contributed by atoms with van der Waals surface area (Å²) in [6.07, 6.45) is 0. The Morgan fingerprint density at radius 3 is 2.42 bits per heavy atom. The third kappa shape index (κ3) is 2.08. The highest BCUT2D eigenvalue weighted by atomic mass is 35.5. The number of nitrogens with zero attached hydrogens (tertiary/aromatic N) is 1. The van der Waals surface area contributed by atoms with Gasteiger partial charge in [0.2, 0.25) is 6.54 Å². The zero-order valence-corrected chi connectivity index (χ0v) is 7.01. The van der Waals surface area contributed by atoms with E-state index in [0.717, 1.165) is 5.56 Å². The van der Waals surface area contributed by atoms with Crippen molar-refractivity contribution in [2.24, 2.45) is 0 Å². The third-order valence-corrected chi connectivity index (χ3v) is 1.66. The second-order valence-corrected chi connectivity index (χ2v) is 2.63. The molecule has 0 unspecified atom stereocenters. The summed E-state index contributed by atoms with van der Waals surface area (Å²) in [5.41, 5.74) is 1.36. The quantitative estimate of drug-likeness (QED) is 0.505. The van der Waals surface area contributed by atoms with Gasteiger partial charge in [0.1, 0.15) is 0 Å². The Balaban J connectivity index is 2.87. The molecule has 0 spiro atoms. The molecule has 0 aliphatic carbocycles. The monoisotopic (exact) mass is 179 g/mol. The van der Waals surface area contributed by atoms with Crippen LogP contribution in [0.4, 0.5) is 0 Å². The molecule has 0 heterocycles. The Morgan fingerprint density at radius 2 is 2.00 bits per heavy atom. The van der Waals surface area contributed by atoms with Gasteiger partial charge in [-0.25, -0.2) is 6.57 Å². The van der Waals surface area contributed by atoms with Crippen molar-refractivity contribution in [1.82, 2.24) is 0 Å². The van der Waals surface area contributed by atoms with Crippen LogP contribution in [-0.4, -0.2) is 5.24 Å². The molecule has 3 heteroatoms. The summed E-state index contributed by atoms with van der Waals surface area (Å²) < 4.78 is 0. The molecule has 1 rings (SSSR count). The Kier molecular flexibility index (Phi) is 2.84. The zero-order chi connectivity index (χ0) is 8.97. The minimum Gasteiger partial charge on any atom is -0.312 e. The lowest BCUT2D eigenvalue weighted by atomic mass is 10.1. The number of benzene rings is 1. The standard InChI is InChI=1S/C9H6ClNO/c1-11-6-7-2-4-8(5-3-7)9(10)12/h2-5H,6H2. The maximum atomic E-state index is 10.6. The lowest BCUT2D eigenvalue weighted by Gasteiger charge is -1.93. The van der Waals surface area contributed by atoms with Crippen LogP contribution in [-0.2, 0) is 6.54 Å². The van der Waals surface area contributed by atoms with Gasteiger partial charge in [0.25, 0.3) is 5.24 Å². The van der Waals surface area contributed by atoms with Crippen molar-refractivity contribution in [1.29, 1.82) is 0 Å². The molecule has 0 atom stereocenters. The van der Waals surface area contributed by atoms with Gasteiger partial charge >= 0.3 is 0 Å². The summed E-state index contributed by atoms with van der Waals surface area (Å²) >= 11 is 5.23. The molecule has 0 fully saturated rings. The Labute approximate surface area is 75.6 Å². The van der Waals surface area contributed by atoms with Crippen LogP contribution in [0.1, 0.15) is 15.9 Å². The summed E-state index contributed by atoms with van der Waals surface area (Å²) in [5, 5.41) is -0.468. The molecule has 0 bridgehead atoms. The van der Waals surface area contributed by atoms with E-state index in [-0.39, 0.29) is 0 Å². The number of rotatable bonds is 2. The van der Waals surface area contributed by atoms with Crippen LogP contribution in [0.2, 0.25) is 0 Å². The molecule has 0 radical (unpaired) electrons. The van der Waals surface area contributed by atoms with Crippen LogP contribution in [0.3, 0.4) is 0 Å². The highest BCUT2D eigenvalue weighted by molar-refractivity contribution is 6.67. The van der Waals surface area contributed by atoms with E-state index in [9.17, 15) is 4.79 Å². The summed E-state index contributed by atoms with van der Waals surface area (Å²) in [4.78, 5) is 13.8. The van der Waals surface area contributed by atoms with Crippen molar-refractivity contribution in [2.45, 2.75) is 6.54 Å². The Morgan fingerprint density at radius 1 is 1.42 bits per heavy atom. The van der Waals surface area contributed by atoms with E-state index in [4.69, 9.17) is 18.2 Å². The first kappa shape index (κ1) is 8.76. The average molecular weight is 180 g/mol. The zero-order valence-electron chi connectivity index (χ0n) is 6.25. The van der Waals surface area contributed by atoms with E-state index >= 15 is 0 Å². The molecule has 0 N–H and O–H groups in total. The molecule has 0 amide bonds. The Hall–Kier alpha value is -1.33. The molecular weight excluding hydrogens is 174 g/mol. The summed E-state index contributed by atoms with van der Waals surface area (Å²) in [7, 11) is 0. The number of carbonyl (C=O) groups excluding carboxylic acids is 1. The van der Waals surface area contributed by atoms with Gasteiger partial charge in [-0.2, -0.15) is 0 Å². The van der Waals surface area contributed by atoms with E-state index in [1.54, 1.807) is 24.3 Å². The summed E-state index contributed by atoms with van der Waals surface area (Å²) in [6.45, 7) is 6.95. The van der Waals surface area contributed by atoms with Gasteiger partial charge in [-0.15, -0.1) is 0 Å². The first-order chi connectivity index (χ1) is 5.74. The van der Waals surface area contributed by atoms with Crippen LogP contribution in [0, 0.1) is 6.57 Å². The molecule has 2 nitrogen and oxygen atoms in total. The molecule has 12 heavy (non-hydrogen) atoms. The lowest BCUT2D eigenvalue weighted by molar-refractivity contribution is 0.108. The minimum absolute atomic E-state index is 0.344. The number of carbonyl (C=O) groups is 1. The fraction of sp³-hybridized carbons (Fsp3) is 0.111. The fourth-order valence-corrected chi connectivity index (χ4v) is 0.958. The van der Waals surface area contributed by atoms with Crippen LogP contribution in [0.15, 0.2) is 24.3 Å². The first-order valence-corrected chi connectivity index (χ1v) is 3.74. The van der Waals surface area contributed by atoms with Crippen molar-refractivity contribution >= 4 is 16.8 Å². The highest BCUT2D eigenvalue weighted by Crippen LogP contribution is 2.07. The molecule has 1 aromatic carbocycles. The van der Waals surface area contributed by atoms with Crippen LogP contribution >= 0.6 is 11.6 Å². The SMILES string of the molecule is [C-]#[N+]Cc1ccc(C(=O)Cl)cc1. The van der Waals surface area contributed by atoms with Crippen molar-refractivity contribution in [3.63, 3.8) is 0 Å². The maximum absolute atomic E-state index is 10.6. The smallest absolute Gasteiger partial charge is 0.252 e. The molecule has 1 aromatic rings. The predicted molar refractivity (Wildman–Crippen MR) is 46.9 cm³/mol. The summed E-state index contributed by atoms with van der Waals surface area (Å²) in [6, 6.07) is 6.70. The van der Waals surface area contributed by atoms with Gasteiger partial charge in [0.05, 0.1) is 0 Å². The third-order valence-electron chi connectivity index (χ3n) is 1.44. The van der Waals surface area contributed by atoms with Crippen molar-refractivity contribution in [3.05, 3.63) is 46.8 Å². The van der Waals surface area contributed by atoms with Gasteiger partial charge in [0.15, 0.2) is 0 Å².